The van der Waals surface area contributed by atoms with Crippen LogP contribution in [0.5, 0.6) is 0 Å². The molecule has 18 heavy (non-hydrogen) atoms. The lowest BCUT2D eigenvalue weighted by Gasteiger charge is -2.37. The molecule has 1 fully saturated rings. The maximum Gasteiger partial charge on any atom is 0.0580 e. The number of rotatable bonds is 6. The Labute approximate surface area is 114 Å². The average molecular weight is 269 g/mol. The molecule has 0 amide bonds. The number of nitrogens with two attached hydrogens (primary N) is 1. The summed E-state index contributed by atoms with van der Waals surface area (Å²) in [6.07, 6.45) is 3.79. The molecule has 0 saturated heterocycles. The molecule has 0 spiro atoms. The molecule has 1 atom stereocenters. The molecule has 3 nitrogen and oxygen atoms in total. The number of ether oxygens (including phenoxy) is 1. The van der Waals surface area contributed by atoms with Crippen LogP contribution in [0.15, 0.2) is 24.3 Å². The molecule has 1 aromatic rings. The van der Waals surface area contributed by atoms with Crippen LogP contribution in [0.3, 0.4) is 0 Å². The second-order valence-corrected chi connectivity index (χ2v) is 5.36. The van der Waals surface area contributed by atoms with E-state index in [9.17, 15) is 0 Å². The number of hydrazine groups is 1. The van der Waals surface area contributed by atoms with Gasteiger partial charge in [0.1, 0.15) is 0 Å². The zero-order valence-corrected chi connectivity index (χ0v) is 11.5. The third-order valence-corrected chi connectivity index (χ3v) is 3.85. The van der Waals surface area contributed by atoms with Crippen molar-refractivity contribution >= 4 is 11.6 Å². The van der Waals surface area contributed by atoms with Crippen LogP contribution in [0.25, 0.3) is 0 Å². The van der Waals surface area contributed by atoms with Crippen LogP contribution in [-0.2, 0) is 4.74 Å². The highest BCUT2D eigenvalue weighted by atomic mass is 35.5. The summed E-state index contributed by atoms with van der Waals surface area (Å²) < 4.78 is 5.58. The zero-order chi connectivity index (χ0) is 13.0. The molecule has 4 heteroatoms. The van der Waals surface area contributed by atoms with E-state index in [4.69, 9.17) is 22.2 Å². The second-order valence-electron chi connectivity index (χ2n) is 4.92. The fourth-order valence-electron chi connectivity index (χ4n) is 2.60. The average Bonchev–Trinajstić information content (AvgIpc) is 2.32. The van der Waals surface area contributed by atoms with Gasteiger partial charge in [0.2, 0.25) is 0 Å². The van der Waals surface area contributed by atoms with E-state index in [0.29, 0.717) is 12.0 Å². The Balaban J connectivity index is 1.87. The normalized spacial score (nSPS) is 24.6. The zero-order valence-electron chi connectivity index (χ0n) is 10.7. The van der Waals surface area contributed by atoms with Gasteiger partial charge in [-0.1, -0.05) is 23.7 Å². The molecule has 0 aliphatic heterocycles. The van der Waals surface area contributed by atoms with Gasteiger partial charge in [-0.25, -0.2) is 0 Å². The summed E-state index contributed by atoms with van der Waals surface area (Å²) in [5.74, 6) is 6.35. The van der Waals surface area contributed by atoms with E-state index in [1.807, 2.05) is 25.1 Å². The monoisotopic (exact) mass is 268 g/mol. The van der Waals surface area contributed by atoms with Crippen LogP contribution < -0.4 is 11.3 Å². The van der Waals surface area contributed by atoms with Crippen LogP contribution in [0.1, 0.15) is 37.8 Å². The number of hydrogen-bond donors (Lipinski definition) is 2. The minimum atomic E-state index is 0.177. The van der Waals surface area contributed by atoms with Gasteiger partial charge in [-0.05, 0) is 49.8 Å². The lowest BCUT2D eigenvalue weighted by Crippen LogP contribution is -2.36. The summed E-state index contributed by atoms with van der Waals surface area (Å²) in [6.45, 7) is 2.85. The van der Waals surface area contributed by atoms with Crippen molar-refractivity contribution in [3.05, 3.63) is 34.9 Å². The minimum Gasteiger partial charge on any atom is -0.378 e. The Morgan fingerprint density at radius 3 is 2.89 bits per heavy atom. The van der Waals surface area contributed by atoms with E-state index >= 15 is 0 Å². The van der Waals surface area contributed by atoms with Crippen molar-refractivity contribution in [2.45, 2.75) is 38.3 Å². The molecule has 0 bridgehead atoms. The van der Waals surface area contributed by atoms with Crippen molar-refractivity contribution < 1.29 is 4.74 Å². The first kappa shape index (κ1) is 13.8. The summed E-state index contributed by atoms with van der Waals surface area (Å²) in [5.41, 5.74) is 4.05. The maximum absolute atomic E-state index is 6.01. The molecular weight excluding hydrogens is 248 g/mol. The highest BCUT2D eigenvalue weighted by Gasteiger charge is 2.31. The quantitative estimate of drug-likeness (QED) is 0.616. The molecule has 2 rings (SSSR count). The Kier molecular flexibility index (Phi) is 5.01. The Morgan fingerprint density at radius 1 is 1.50 bits per heavy atom. The SMILES string of the molecule is CCOC1CC(CC(NN)c2cccc(Cl)c2)C1. The first-order valence-corrected chi connectivity index (χ1v) is 6.94. The van der Waals surface area contributed by atoms with Gasteiger partial charge < -0.3 is 4.74 Å². The topological polar surface area (TPSA) is 47.3 Å². The van der Waals surface area contributed by atoms with E-state index in [1.165, 1.54) is 0 Å². The molecule has 1 aliphatic carbocycles. The maximum atomic E-state index is 6.01. The Bertz CT molecular complexity index is 380. The Hall–Kier alpha value is -0.610. The van der Waals surface area contributed by atoms with Gasteiger partial charge in [0.05, 0.1) is 6.10 Å². The fraction of sp³-hybridized carbons (Fsp3) is 0.571. The van der Waals surface area contributed by atoms with E-state index in [2.05, 4.69) is 11.5 Å². The van der Waals surface area contributed by atoms with Crippen molar-refractivity contribution in [1.82, 2.24) is 5.43 Å². The Morgan fingerprint density at radius 2 is 2.28 bits per heavy atom. The fourth-order valence-corrected chi connectivity index (χ4v) is 2.79. The molecule has 1 unspecified atom stereocenters. The molecule has 1 aromatic carbocycles. The van der Waals surface area contributed by atoms with E-state index in [-0.39, 0.29) is 6.04 Å². The number of benzene rings is 1. The molecule has 100 valence electrons. The lowest BCUT2D eigenvalue weighted by atomic mass is 9.77. The van der Waals surface area contributed by atoms with Crippen molar-refractivity contribution in [2.24, 2.45) is 11.8 Å². The highest BCUT2D eigenvalue weighted by Crippen LogP contribution is 2.36. The molecule has 0 aromatic heterocycles. The van der Waals surface area contributed by atoms with Crippen molar-refractivity contribution in [2.75, 3.05) is 6.61 Å². The summed E-state index contributed by atoms with van der Waals surface area (Å²) in [6, 6.07) is 8.06. The summed E-state index contributed by atoms with van der Waals surface area (Å²) in [5, 5.41) is 0.758. The van der Waals surface area contributed by atoms with Gasteiger partial charge in [0, 0.05) is 17.7 Å². The van der Waals surface area contributed by atoms with Crippen molar-refractivity contribution in [3.63, 3.8) is 0 Å². The molecule has 0 radical (unpaired) electrons. The predicted molar refractivity (Wildman–Crippen MR) is 74.3 cm³/mol. The third kappa shape index (κ3) is 3.45. The van der Waals surface area contributed by atoms with Gasteiger partial charge >= 0.3 is 0 Å². The van der Waals surface area contributed by atoms with Gasteiger partial charge in [0.15, 0.2) is 0 Å². The predicted octanol–water partition coefficient (Wildman–Crippen LogP) is 3.05. The lowest BCUT2D eigenvalue weighted by molar-refractivity contribution is -0.0291. The molecule has 0 heterocycles. The minimum absolute atomic E-state index is 0.177. The number of hydrogen-bond acceptors (Lipinski definition) is 3. The molecular formula is C14H21ClN2O. The first-order valence-electron chi connectivity index (χ1n) is 6.56. The summed E-state index contributed by atoms with van der Waals surface area (Å²) in [4.78, 5) is 0. The summed E-state index contributed by atoms with van der Waals surface area (Å²) >= 11 is 6.01. The third-order valence-electron chi connectivity index (χ3n) is 3.62. The molecule has 1 saturated carbocycles. The largest absolute Gasteiger partial charge is 0.378 e. The van der Waals surface area contributed by atoms with E-state index in [0.717, 1.165) is 36.5 Å². The van der Waals surface area contributed by atoms with Crippen LogP contribution in [0, 0.1) is 5.92 Å². The van der Waals surface area contributed by atoms with E-state index in [1.54, 1.807) is 0 Å². The van der Waals surface area contributed by atoms with Gasteiger partial charge in [-0.2, -0.15) is 0 Å². The standard InChI is InChI=1S/C14H21ClN2O/c1-2-18-13-6-10(7-13)8-14(17-16)11-4-3-5-12(15)9-11/h3-5,9-10,13-14,17H,2,6-8,16H2,1H3. The molecule has 1 aliphatic rings. The van der Waals surface area contributed by atoms with Crippen LogP contribution in [0.2, 0.25) is 5.02 Å². The van der Waals surface area contributed by atoms with Gasteiger partial charge in [-0.15, -0.1) is 0 Å². The van der Waals surface area contributed by atoms with Gasteiger partial charge in [-0.3, -0.25) is 11.3 Å². The second kappa shape index (κ2) is 6.53. The number of nitrogens with one attached hydrogen (secondary N) is 1. The molecule has 3 N–H and O–H groups in total. The van der Waals surface area contributed by atoms with Gasteiger partial charge in [0.25, 0.3) is 0 Å². The van der Waals surface area contributed by atoms with Crippen LogP contribution >= 0.6 is 11.6 Å². The number of halogens is 1. The van der Waals surface area contributed by atoms with Crippen LogP contribution in [-0.4, -0.2) is 12.7 Å². The smallest absolute Gasteiger partial charge is 0.0580 e. The van der Waals surface area contributed by atoms with E-state index < -0.39 is 0 Å². The van der Waals surface area contributed by atoms with Crippen molar-refractivity contribution in [3.8, 4) is 0 Å². The highest BCUT2D eigenvalue weighted by molar-refractivity contribution is 6.30. The first-order chi connectivity index (χ1) is 8.72. The van der Waals surface area contributed by atoms with Crippen LogP contribution in [0.4, 0.5) is 0 Å². The van der Waals surface area contributed by atoms with Crippen molar-refractivity contribution in [1.29, 1.82) is 0 Å². The summed E-state index contributed by atoms with van der Waals surface area (Å²) in [7, 11) is 0.